The number of rotatable bonds is 5. The number of aromatic nitrogens is 2. The molecule has 0 amide bonds. The first kappa shape index (κ1) is 17.2. The molecule has 0 radical (unpaired) electrons. The van der Waals surface area contributed by atoms with Crippen molar-refractivity contribution in [1.29, 1.82) is 0 Å². The lowest BCUT2D eigenvalue weighted by Gasteiger charge is -2.12. The Morgan fingerprint density at radius 1 is 1.29 bits per heavy atom. The quantitative estimate of drug-likeness (QED) is 0.633. The van der Waals surface area contributed by atoms with Gasteiger partial charge < -0.3 is 19.9 Å². The summed E-state index contributed by atoms with van der Waals surface area (Å²) in [7, 11) is 1.25. The van der Waals surface area contributed by atoms with Gasteiger partial charge in [0.15, 0.2) is 0 Å². The largest absolute Gasteiger partial charge is 0.506 e. The molecule has 1 aromatic carbocycles. The van der Waals surface area contributed by atoms with E-state index in [0.29, 0.717) is 5.82 Å². The van der Waals surface area contributed by atoms with Gasteiger partial charge in [-0.1, -0.05) is 0 Å². The van der Waals surface area contributed by atoms with Crippen LogP contribution in [0.5, 0.6) is 5.75 Å². The van der Waals surface area contributed by atoms with Crippen LogP contribution in [0.25, 0.3) is 0 Å². The monoisotopic (exact) mass is 331 g/mol. The lowest BCUT2D eigenvalue weighted by atomic mass is 10.2. The van der Waals surface area contributed by atoms with Crippen LogP contribution in [-0.2, 0) is 9.47 Å². The third-order valence-corrected chi connectivity index (χ3v) is 3.08. The van der Waals surface area contributed by atoms with E-state index in [1.807, 2.05) is 0 Å². The topological polar surface area (TPSA) is 111 Å². The van der Waals surface area contributed by atoms with Crippen molar-refractivity contribution in [2.24, 2.45) is 0 Å². The number of nitrogens with one attached hydrogen (secondary N) is 1. The second kappa shape index (κ2) is 7.40. The number of phenolic OH excluding ortho intramolecular Hbond substituents is 1. The van der Waals surface area contributed by atoms with Crippen molar-refractivity contribution >= 4 is 23.4 Å². The van der Waals surface area contributed by atoms with Gasteiger partial charge in [0.05, 0.1) is 25.0 Å². The predicted molar refractivity (Wildman–Crippen MR) is 85.5 cm³/mol. The van der Waals surface area contributed by atoms with E-state index in [4.69, 9.17) is 4.74 Å². The van der Waals surface area contributed by atoms with Crippen molar-refractivity contribution in [3.63, 3.8) is 0 Å². The van der Waals surface area contributed by atoms with Crippen molar-refractivity contribution in [3.8, 4) is 5.75 Å². The van der Waals surface area contributed by atoms with Gasteiger partial charge in [0.25, 0.3) is 0 Å². The van der Waals surface area contributed by atoms with Crippen molar-refractivity contribution in [2.45, 2.75) is 13.8 Å². The lowest BCUT2D eigenvalue weighted by Crippen LogP contribution is -2.11. The molecule has 0 atom stereocenters. The number of aromatic hydroxyl groups is 1. The fourth-order valence-corrected chi connectivity index (χ4v) is 1.93. The van der Waals surface area contributed by atoms with Crippen molar-refractivity contribution in [3.05, 3.63) is 41.3 Å². The second-order valence-corrected chi connectivity index (χ2v) is 4.75. The van der Waals surface area contributed by atoms with E-state index < -0.39 is 11.9 Å². The summed E-state index contributed by atoms with van der Waals surface area (Å²) in [4.78, 5) is 31.6. The molecule has 8 heteroatoms. The van der Waals surface area contributed by atoms with Crippen molar-refractivity contribution in [2.75, 3.05) is 19.0 Å². The number of benzene rings is 1. The van der Waals surface area contributed by atoms with Gasteiger partial charge in [-0.3, -0.25) is 0 Å². The highest BCUT2D eigenvalue weighted by Crippen LogP contribution is 2.28. The summed E-state index contributed by atoms with van der Waals surface area (Å²) in [5, 5.41) is 12.9. The van der Waals surface area contributed by atoms with Gasteiger partial charge in [0.2, 0.25) is 0 Å². The molecule has 2 aromatic rings. The maximum atomic E-state index is 12.0. The zero-order chi connectivity index (χ0) is 17.7. The normalized spacial score (nSPS) is 10.1. The summed E-state index contributed by atoms with van der Waals surface area (Å²) in [5.74, 6) is -0.699. The Bertz CT molecular complexity index is 776. The maximum absolute atomic E-state index is 12.0. The third kappa shape index (κ3) is 3.78. The van der Waals surface area contributed by atoms with Gasteiger partial charge in [-0.25, -0.2) is 19.6 Å². The first-order chi connectivity index (χ1) is 11.5. The van der Waals surface area contributed by atoms with Gasteiger partial charge in [-0.15, -0.1) is 0 Å². The van der Waals surface area contributed by atoms with Crippen LogP contribution in [0.15, 0.2) is 24.4 Å². The van der Waals surface area contributed by atoms with Crippen LogP contribution in [0.3, 0.4) is 0 Å². The van der Waals surface area contributed by atoms with E-state index in [1.165, 1.54) is 31.5 Å². The zero-order valence-electron chi connectivity index (χ0n) is 13.5. The Labute approximate surface area is 138 Å². The van der Waals surface area contributed by atoms with E-state index in [9.17, 15) is 14.7 Å². The average molecular weight is 331 g/mol. The smallest absolute Gasteiger partial charge is 0.343 e. The predicted octanol–water partition coefficient (Wildman–Crippen LogP) is 2.20. The number of nitrogens with zero attached hydrogens (tertiary/aromatic N) is 2. The minimum absolute atomic E-state index is 0.138. The maximum Gasteiger partial charge on any atom is 0.343 e. The minimum Gasteiger partial charge on any atom is -0.506 e. The van der Waals surface area contributed by atoms with Gasteiger partial charge in [-0.2, -0.15) is 0 Å². The molecule has 0 aliphatic rings. The number of aryl methyl sites for hydroxylation is 1. The van der Waals surface area contributed by atoms with Crippen molar-refractivity contribution < 1.29 is 24.2 Å². The highest BCUT2D eigenvalue weighted by Gasteiger charge is 2.17. The van der Waals surface area contributed by atoms with Gasteiger partial charge >= 0.3 is 11.9 Å². The number of esters is 2. The first-order valence-electron chi connectivity index (χ1n) is 7.15. The number of phenols is 1. The molecule has 24 heavy (non-hydrogen) atoms. The Morgan fingerprint density at radius 3 is 2.67 bits per heavy atom. The standard InChI is InChI=1S/C16H17N3O5/c1-4-24-16(22)11-8-17-9(2)18-14(11)19-12-6-5-10(7-13(12)20)15(21)23-3/h5-8,20H,4H2,1-3H3,(H,17,18,19). The fraction of sp³-hybridized carbons (Fsp3) is 0.250. The number of ether oxygens (including phenoxy) is 2. The van der Waals surface area contributed by atoms with Crippen LogP contribution in [-0.4, -0.2) is 40.7 Å². The molecule has 2 rings (SSSR count). The second-order valence-electron chi connectivity index (χ2n) is 4.75. The third-order valence-electron chi connectivity index (χ3n) is 3.08. The molecule has 0 aliphatic carbocycles. The van der Waals surface area contributed by atoms with Gasteiger partial charge in [-0.05, 0) is 32.0 Å². The number of hydrogen-bond donors (Lipinski definition) is 2. The molecular formula is C16H17N3O5. The van der Waals surface area contributed by atoms with E-state index in [-0.39, 0.29) is 35.0 Å². The number of carbonyl (C=O) groups is 2. The highest BCUT2D eigenvalue weighted by molar-refractivity contribution is 5.95. The molecule has 0 saturated heterocycles. The summed E-state index contributed by atoms with van der Waals surface area (Å²) in [6.07, 6.45) is 1.35. The lowest BCUT2D eigenvalue weighted by molar-refractivity contribution is 0.0525. The van der Waals surface area contributed by atoms with Crippen LogP contribution >= 0.6 is 0 Å². The molecule has 0 bridgehead atoms. The van der Waals surface area contributed by atoms with Crippen LogP contribution in [0, 0.1) is 6.92 Å². The molecule has 1 aromatic heterocycles. The molecule has 0 fully saturated rings. The molecule has 8 nitrogen and oxygen atoms in total. The Kier molecular flexibility index (Phi) is 5.31. The van der Waals surface area contributed by atoms with Gasteiger partial charge in [0, 0.05) is 6.20 Å². The molecule has 0 spiro atoms. The molecule has 1 heterocycles. The summed E-state index contributed by atoms with van der Waals surface area (Å²) < 4.78 is 9.55. The molecule has 2 N–H and O–H groups in total. The number of carbonyl (C=O) groups excluding carboxylic acids is 2. The SMILES string of the molecule is CCOC(=O)c1cnc(C)nc1Nc1ccc(C(=O)OC)cc1O. The Morgan fingerprint density at radius 2 is 2.04 bits per heavy atom. The summed E-state index contributed by atoms with van der Waals surface area (Å²) in [5.41, 5.74) is 0.607. The van der Waals surface area contributed by atoms with E-state index in [0.717, 1.165) is 0 Å². The zero-order valence-corrected chi connectivity index (χ0v) is 13.5. The molecule has 0 unspecified atom stereocenters. The molecule has 126 valence electrons. The van der Waals surface area contributed by atoms with Crippen LogP contribution in [0.4, 0.5) is 11.5 Å². The number of anilines is 2. The Balaban J connectivity index is 2.35. The molecular weight excluding hydrogens is 314 g/mol. The van der Waals surface area contributed by atoms with Crippen molar-refractivity contribution in [1.82, 2.24) is 9.97 Å². The van der Waals surface area contributed by atoms with E-state index >= 15 is 0 Å². The van der Waals surface area contributed by atoms with Crippen LogP contribution < -0.4 is 5.32 Å². The number of hydrogen-bond acceptors (Lipinski definition) is 8. The number of methoxy groups -OCH3 is 1. The summed E-state index contributed by atoms with van der Waals surface area (Å²) in [6.45, 7) is 3.57. The minimum atomic E-state index is -0.578. The van der Waals surface area contributed by atoms with Crippen LogP contribution in [0.1, 0.15) is 33.5 Å². The summed E-state index contributed by atoms with van der Waals surface area (Å²) >= 11 is 0. The molecule has 0 aliphatic heterocycles. The highest BCUT2D eigenvalue weighted by atomic mass is 16.5. The first-order valence-corrected chi connectivity index (χ1v) is 7.15. The van der Waals surface area contributed by atoms with E-state index in [1.54, 1.807) is 13.8 Å². The summed E-state index contributed by atoms with van der Waals surface area (Å²) in [6, 6.07) is 4.21. The Hall–Kier alpha value is -3.16. The average Bonchev–Trinajstić information content (AvgIpc) is 2.56. The molecule has 0 saturated carbocycles. The fourth-order valence-electron chi connectivity index (χ4n) is 1.93. The van der Waals surface area contributed by atoms with Crippen LogP contribution in [0.2, 0.25) is 0 Å². The van der Waals surface area contributed by atoms with E-state index in [2.05, 4.69) is 20.0 Å². The van der Waals surface area contributed by atoms with Gasteiger partial charge in [0.1, 0.15) is 23.0 Å².